The van der Waals surface area contributed by atoms with Crippen molar-refractivity contribution in [3.05, 3.63) is 30.1 Å². The smallest absolute Gasteiger partial charge is 0.0437 e. The van der Waals surface area contributed by atoms with Crippen molar-refractivity contribution in [2.24, 2.45) is 5.92 Å². The molecular formula is C13H20N2. The van der Waals surface area contributed by atoms with E-state index in [0.29, 0.717) is 5.92 Å². The third-order valence-corrected chi connectivity index (χ3v) is 3.46. The summed E-state index contributed by atoms with van der Waals surface area (Å²) in [5, 5.41) is 3.42. The molecule has 0 radical (unpaired) electrons. The molecule has 1 aliphatic rings. The minimum absolute atomic E-state index is 0.660. The molecule has 0 spiro atoms. The van der Waals surface area contributed by atoms with E-state index in [2.05, 4.69) is 29.4 Å². The predicted octanol–water partition coefficient (Wildman–Crippen LogP) is 2.57. The summed E-state index contributed by atoms with van der Waals surface area (Å²) in [6.07, 6.45) is 5.73. The summed E-state index contributed by atoms with van der Waals surface area (Å²) in [6, 6.07) is 6.28. The summed E-state index contributed by atoms with van der Waals surface area (Å²) in [6.45, 7) is 4.63. The van der Waals surface area contributed by atoms with Crippen LogP contribution in [0.2, 0.25) is 0 Å². The van der Waals surface area contributed by atoms with Gasteiger partial charge in [-0.05, 0) is 50.4 Å². The van der Waals surface area contributed by atoms with E-state index in [4.69, 9.17) is 0 Å². The number of piperidine rings is 1. The van der Waals surface area contributed by atoms with Crippen LogP contribution in [-0.2, 0) is 0 Å². The maximum absolute atomic E-state index is 4.50. The van der Waals surface area contributed by atoms with Gasteiger partial charge >= 0.3 is 0 Å². The van der Waals surface area contributed by atoms with Crippen molar-refractivity contribution in [1.29, 1.82) is 0 Å². The summed E-state index contributed by atoms with van der Waals surface area (Å²) < 4.78 is 0. The van der Waals surface area contributed by atoms with Gasteiger partial charge in [0.25, 0.3) is 0 Å². The van der Waals surface area contributed by atoms with Gasteiger partial charge < -0.3 is 5.32 Å². The van der Waals surface area contributed by atoms with Gasteiger partial charge in [-0.1, -0.05) is 13.0 Å². The number of aromatic nitrogens is 1. The highest BCUT2D eigenvalue weighted by Crippen LogP contribution is 2.32. The van der Waals surface area contributed by atoms with E-state index in [1.54, 1.807) is 0 Å². The summed E-state index contributed by atoms with van der Waals surface area (Å²) in [5.41, 5.74) is 1.28. The van der Waals surface area contributed by atoms with Crippen LogP contribution >= 0.6 is 0 Å². The highest BCUT2D eigenvalue weighted by atomic mass is 14.9. The fourth-order valence-electron chi connectivity index (χ4n) is 2.63. The zero-order valence-electron chi connectivity index (χ0n) is 9.45. The van der Waals surface area contributed by atoms with Crippen LogP contribution in [-0.4, -0.2) is 18.1 Å². The van der Waals surface area contributed by atoms with E-state index in [9.17, 15) is 0 Å². The number of rotatable bonds is 3. The molecule has 2 nitrogen and oxygen atoms in total. The molecule has 1 fully saturated rings. The highest BCUT2D eigenvalue weighted by molar-refractivity contribution is 5.10. The van der Waals surface area contributed by atoms with E-state index in [1.807, 2.05) is 12.3 Å². The summed E-state index contributed by atoms with van der Waals surface area (Å²) in [4.78, 5) is 4.50. The van der Waals surface area contributed by atoms with Crippen LogP contribution in [0.3, 0.4) is 0 Å². The molecule has 1 aliphatic heterocycles. The number of nitrogens with zero attached hydrogens (tertiary/aromatic N) is 1. The first-order valence-corrected chi connectivity index (χ1v) is 6.03. The Morgan fingerprint density at radius 3 is 2.80 bits per heavy atom. The number of pyridine rings is 1. The second-order valence-electron chi connectivity index (χ2n) is 4.36. The third-order valence-electron chi connectivity index (χ3n) is 3.46. The monoisotopic (exact) mass is 204 g/mol. The van der Waals surface area contributed by atoms with Crippen LogP contribution in [0, 0.1) is 5.92 Å². The molecule has 2 heterocycles. The molecule has 0 bridgehead atoms. The van der Waals surface area contributed by atoms with Crippen molar-refractivity contribution < 1.29 is 0 Å². The molecule has 1 atom stereocenters. The van der Waals surface area contributed by atoms with Crippen molar-refractivity contribution in [3.8, 4) is 0 Å². The molecule has 0 saturated carbocycles. The summed E-state index contributed by atoms with van der Waals surface area (Å²) >= 11 is 0. The first-order chi connectivity index (χ1) is 7.42. The Morgan fingerprint density at radius 2 is 2.20 bits per heavy atom. The first kappa shape index (κ1) is 10.6. The fraction of sp³-hybridized carbons (Fsp3) is 0.615. The summed E-state index contributed by atoms with van der Waals surface area (Å²) in [5.74, 6) is 1.49. The Bertz CT molecular complexity index is 278. The SMILES string of the molecule is CCC(c1ccccn1)C1CCNCC1. The van der Waals surface area contributed by atoms with Crippen molar-refractivity contribution in [2.45, 2.75) is 32.1 Å². The molecule has 1 N–H and O–H groups in total. The molecule has 2 heteroatoms. The van der Waals surface area contributed by atoms with E-state index in [1.165, 1.54) is 38.0 Å². The highest BCUT2D eigenvalue weighted by Gasteiger charge is 2.23. The molecule has 1 aromatic heterocycles. The van der Waals surface area contributed by atoms with E-state index < -0.39 is 0 Å². The number of nitrogens with one attached hydrogen (secondary N) is 1. The average Bonchev–Trinajstić information content (AvgIpc) is 2.33. The second kappa shape index (κ2) is 5.26. The molecule has 1 aromatic rings. The van der Waals surface area contributed by atoms with Gasteiger partial charge in [-0.25, -0.2) is 0 Å². The Kier molecular flexibility index (Phi) is 3.73. The minimum atomic E-state index is 0.660. The van der Waals surface area contributed by atoms with Gasteiger partial charge in [0.05, 0.1) is 0 Å². The van der Waals surface area contributed by atoms with Crippen LogP contribution in [0.4, 0.5) is 0 Å². The molecule has 15 heavy (non-hydrogen) atoms. The first-order valence-electron chi connectivity index (χ1n) is 6.03. The normalized spacial score (nSPS) is 20.1. The van der Waals surface area contributed by atoms with Gasteiger partial charge in [-0.3, -0.25) is 4.98 Å². The Labute approximate surface area is 92.1 Å². The lowest BCUT2D eigenvalue weighted by molar-refractivity contribution is 0.308. The molecule has 2 rings (SSSR count). The van der Waals surface area contributed by atoms with Gasteiger partial charge in [0.15, 0.2) is 0 Å². The molecule has 0 amide bonds. The van der Waals surface area contributed by atoms with E-state index >= 15 is 0 Å². The second-order valence-corrected chi connectivity index (χ2v) is 4.36. The van der Waals surface area contributed by atoms with Gasteiger partial charge in [0.2, 0.25) is 0 Å². The van der Waals surface area contributed by atoms with E-state index in [-0.39, 0.29) is 0 Å². The molecule has 0 aromatic carbocycles. The maximum Gasteiger partial charge on any atom is 0.0437 e. The molecule has 82 valence electrons. The average molecular weight is 204 g/mol. The van der Waals surface area contributed by atoms with Crippen molar-refractivity contribution in [1.82, 2.24) is 10.3 Å². The third kappa shape index (κ3) is 2.57. The van der Waals surface area contributed by atoms with Gasteiger partial charge in [-0.15, -0.1) is 0 Å². The molecule has 1 unspecified atom stereocenters. The fourth-order valence-corrected chi connectivity index (χ4v) is 2.63. The van der Waals surface area contributed by atoms with Crippen molar-refractivity contribution >= 4 is 0 Å². The summed E-state index contributed by atoms with van der Waals surface area (Å²) in [7, 11) is 0. The molecular weight excluding hydrogens is 184 g/mol. The van der Waals surface area contributed by atoms with Crippen LogP contribution in [0.1, 0.15) is 37.8 Å². The van der Waals surface area contributed by atoms with Gasteiger partial charge in [-0.2, -0.15) is 0 Å². The Balaban J connectivity index is 2.09. The zero-order valence-corrected chi connectivity index (χ0v) is 9.45. The largest absolute Gasteiger partial charge is 0.317 e. The number of hydrogen-bond acceptors (Lipinski definition) is 2. The van der Waals surface area contributed by atoms with Crippen LogP contribution in [0.5, 0.6) is 0 Å². The quantitative estimate of drug-likeness (QED) is 0.818. The Hall–Kier alpha value is -0.890. The van der Waals surface area contributed by atoms with Gasteiger partial charge in [0.1, 0.15) is 0 Å². The zero-order chi connectivity index (χ0) is 10.5. The van der Waals surface area contributed by atoms with Crippen molar-refractivity contribution in [3.63, 3.8) is 0 Å². The van der Waals surface area contributed by atoms with E-state index in [0.717, 1.165) is 5.92 Å². The lowest BCUT2D eigenvalue weighted by Gasteiger charge is -2.29. The lowest BCUT2D eigenvalue weighted by Crippen LogP contribution is -2.31. The van der Waals surface area contributed by atoms with Crippen LogP contribution < -0.4 is 5.32 Å². The topological polar surface area (TPSA) is 24.9 Å². The van der Waals surface area contributed by atoms with Crippen molar-refractivity contribution in [2.75, 3.05) is 13.1 Å². The number of hydrogen-bond donors (Lipinski definition) is 1. The molecule has 1 saturated heterocycles. The Morgan fingerprint density at radius 1 is 1.40 bits per heavy atom. The standard InChI is InChI=1S/C13H20N2/c1-2-12(11-6-9-14-10-7-11)13-5-3-4-8-15-13/h3-5,8,11-12,14H,2,6-7,9-10H2,1H3. The lowest BCUT2D eigenvalue weighted by atomic mass is 9.81. The van der Waals surface area contributed by atoms with Crippen LogP contribution in [0.15, 0.2) is 24.4 Å². The van der Waals surface area contributed by atoms with Gasteiger partial charge in [0, 0.05) is 17.8 Å². The minimum Gasteiger partial charge on any atom is -0.317 e. The predicted molar refractivity (Wildman–Crippen MR) is 62.9 cm³/mol. The molecule has 0 aliphatic carbocycles. The maximum atomic E-state index is 4.50. The van der Waals surface area contributed by atoms with Crippen LogP contribution in [0.25, 0.3) is 0 Å².